The number of nitrogens with zero attached hydrogens (tertiary/aromatic N) is 1. The van der Waals surface area contributed by atoms with Crippen LogP contribution in [0.5, 0.6) is 0 Å². The van der Waals surface area contributed by atoms with Crippen LogP contribution in [-0.4, -0.2) is 28.8 Å². The smallest absolute Gasteiger partial charge is 0.256 e. The van der Waals surface area contributed by atoms with Crippen molar-refractivity contribution in [2.45, 2.75) is 70.9 Å². The molecule has 130 valence electrons. The van der Waals surface area contributed by atoms with Gasteiger partial charge >= 0.3 is 0 Å². The van der Waals surface area contributed by atoms with Crippen LogP contribution in [0.1, 0.15) is 69.2 Å². The van der Waals surface area contributed by atoms with Crippen LogP contribution in [0.3, 0.4) is 0 Å². The van der Waals surface area contributed by atoms with Gasteiger partial charge in [-0.25, -0.2) is 0 Å². The third-order valence-corrected chi connectivity index (χ3v) is 5.57. The second-order valence-electron chi connectivity index (χ2n) is 7.36. The molecule has 1 aromatic carbocycles. The van der Waals surface area contributed by atoms with Crippen LogP contribution < -0.4 is 5.32 Å². The number of rotatable bonds is 3. The Morgan fingerprint density at radius 2 is 1.58 bits per heavy atom. The van der Waals surface area contributed by atoms with Crippen LogP contribution in [0.25, 0.3) is 0 Å². The molecule has 24 heavy (non-hydrogen) atoms. The lowest BCUT2D eigenvalue weighted by molar-refractivity contribution is -0.119. The van der Waals surface area contributed by atoms with Crippen molar-refractivity contribution in [2.24, 2.45) is 5.92 Å². The minimum absolute atomic E-state index is 0.0389. The molecule has 0 aromatic heterocycles. The molecule has 1 aliphatic heterocycles. The normalized spacial score (nSPS) is 24.8. The van der Waals surface area contributed by atoms with Crippen LogP contribution in [0, 0.1) is 5.92 Å². The summed E-state index contributed by atoms with van der Waals surface area (Å²) in [7, 11) is 0. The van der Waals surface area contributed by atoms with Crippen molar-refractivity contribution < 1.29 is 9.59 Å². The largest absolute Gasteiger partial charge is 0.333 e. The number of hydrogen-bond acceptors (Lipinski definition) is 2. The molecular weight excluding hydrogens is 300 g/mol. The summed E-state index contributed by atoms with van der Waals surface area (Å²) in [5, 5.41) is 3.02. The maximum atomic E-state index is 13.1. The fourth-order valence-corrected chi connectivity index (χ4v) is 4.16. The SMILES string of the molecule is C[C@@H]1CCC[C@@H](C)N1C(=O)c1ccccc1NC(=O)C1CCCC1. The van der Waals surface area contributed by atoms with Gasteiger partial charge in [0.05, 0.1) is 11.3 Å². The number of amides is 2. The number of likely N-dealkylation sites (tertiary alicyclic amines) is 1. The molecule has 2 aliphatic rings. The Hall–Kier alpha value is -1.84. The van der Waals surface area contributed by atoms with E-state index < -0.39 is 0 Å². The second kappa shape index (κ2) is 7.37. The molecule has 2 fully saturated rings. The first-order valence-electron chi connectivity index (χ1n) is 9.30. The summed E-state index contributed by atoms with van der Waals surface area (Å²) in [5.41, 5.74) is 1.27. The molecule has 0 bridgehead atoms. The quantitative estimate of drug-likeness (QED) is 0.903. The van der Waals surface area contributed by atoms with Crippen molar-refractivity contribution in [2.75, 3.05) is 5.32 Å². The Balaban J connectivity index is 1.80. The predicted molar refractivity (Wildman–Crippen MR) is 96.0 cm³/mol. The van der Waals surface area contributed by atoms with E-state index in [2.05, 4.69) is 19.2 Å². The molecule has 2 atom stereocenters. The Bertz CT molecular complexity index is 597. The van der Waals surface area contributed by atoms with Crippen LogP contribution >= 0.6 is 0 Å². The lowest BCUT2D eigenvalue weighted by atomic mass is 9.96. The van der Waals surface area contributed by atoms with Gasteiger partial charge in [-0.2, -0.15) is 0 Å². The molecular formula is C20H28N2O2. The molecule has 1 N–H and O–H groups in total. The van der Waals surface area contributed by atoms with Gasteiger partial charge in [0.25, 0.3) is 5.91 Å². The molecule has 0 radical (unpaired) electrons. The van der Waals surface area contributed by atoms with Gasteiger partial charge in [-0.15, -0.1) is 0 Å². The van der Waals surface area contributed by atoms with E-state index in [0.29, 0.717) is 11.3 Å². The maximum absolute atomic E-state index is 13.1. The highest BCUT2D eigenvalue weighted by atomic mass is 16.2. The second-order valence-corrected chi connectivity index (χ2v) is 7.36. The molecule has 0 spiro atoms. The molecule has 1 saturated carbocycles. The van der Waals surface area contributed by atoms with Crippen molar-refractivity contribution in [3.8, 4) is 0 Å². The number of nitrogens with one attached hydrogen (secondary N) is 1. The number of para-hydroxylation sites is 1. The topological polar surface area (TPSA) is 49.4 Å². The summed E-state index contributed by atoms with van der Waals surface area (Å²) in [6.45, 7) is 4.24. The van der Waals surface area contributed by atoms with Crippen LogP contribution in [0.2, 0.25) is 0 Å². The van der Waals surface area contributed by atoms with E-state index in [1.165, 1.54) is 6.42 Å². The third kappa shape index (κ3) is 3.47. The fourth-order valence-electron chi connectivity index (χ4n) is 4.16. The standard InChI is InChI=1S/C20H28N2O2/c1-14-8-7-9-15(2)22(14)20(24)17-12-5-6-13-18(17)21-19(23)16-10-3-4-11-16/h5-6,12-16H,3-4,7-11H2,1-2H3,(H,21,23)/t14-,15-/m1/s1. The minimum atomic E-state index is 0.0389. The van der Waals surface area contributed by atoms with Gasteiger partial charge in [0, 0.05) is 18.0 Å². The molecule has 0 unspecified atom stereocenters. The maximum Gasteiger partial charge on any atom is 0.256 e. The average Bonchev–Trinajstić information content (AvgIpc) is 3.09. The third-order valence-electron chi connectivity index (χ3n) is 5.57. The first-order valence-corrected chi connectivity index (χ1v) is 9.30. The highest BCUT2D eigenvalue weighted by Gasteiger charge is 2.31. The van der Waals surface area contributed by atoms with Crippen LogP contribution in [-0.2, 0) is 4.79 Å². The van der Waals surface area contributed by atoms with Gasteiger partial charge in [-0.3, -0.25) is 9.59 Å². The molecule has 1 aliphatic carbocycles. The van der Waals surface area contributed by atoms with E-state index in [1.54, 1.807) is 0 Å². The van der Waals surface area contributed by atoms with Gasteiger partial charge < -0.3 is 10.2 Å². The fraction of sp³-hybridized carbons (Fsp3) is 0.600. The molecule has 2 amide bonds. The van der Waals surface area contributed by atoms with Gasteiger partial charge in [-0.1, -0.05) is 25.0 Å². The Kier molecular flexibility index (Phi) is 5.22. The zero-order valence-electron chi connectivity index (χ0n) is 14.8. The monoisotopic (exact) mass is 328 g/mol. The molecule has 3 rings (SSSR count). The number of anilines is 1. The van der Waals surface area contributed by atoms with E-state index in [-0.39, 0.29) is 29.8 Å². The number of carbonyl (C=O) groups excluding carboxylic acids is 2. The van der Waals surface area contributed by atoms with E-state index in [1.807, 2.05) is 29.2 Å². The molecule has 1 saturated heterocycles. The van der Waals surface area contributed by atoms with Crippen LogP contribution in [0.15, 0.2) is 24.3 Å². The Morgan fingerprint density at radius 3 is 2.25 bits per heavy atom. The number of hydrogen-bond donors (Lipinski definition) is 1. The van der Waals surface area contributed by atoms with Gasteiger partial charge in [0.1, 0.15) is 0 Å². The van der Waals surface area contributed by atoms with Crippen molar-refractivity contribution in [1.29, 1.82) is 0 Å². The Labute approximate surface area is 144 Å². The van der Waals surface area contributed by atoms with Crippen molar-refractivity contribution in [3.05, 3.63) is 29.8 Å². The minimum Gasteiger partial charge on any atom is -0.333 e. The van der Waals surface area contributed by atoms with Crippen molar-refractivity contribution in [3.63, 3.8) is 0 Å². The first kappa shape index (κ1) is 17.0. The highest BCUT2D eigenvalue weighted by Crippen LogP contribution is 2.29. The summed E-state index contributed by atoms with van der Waals surface area (Å²) >= 11 is 0. The number of carbonyl (C=O) groups is 2. The van der Waals surface area contributed by atoms with Gasteiger partial charge in [-0.05, 0) is 58.1 Å². The number of benzene rings is 1. The van der Waals surface area contributed by atoms with Gasteiger partial charge in [0.2, 0.25) is 5.91 Å². The van der Waals surface area contributed by atoms with Crippen molar-refractivity contribution in [1.82, 2.24) is 4.90 Å². The van der Waals surface area contributed by atoms with Crippen molar-refractivity contribution >= 4 is 17.5 Å². The zero-order valence-corrected chi connectivity index (χ0v) is 14.8. The van der Waals surface area contributed by atoms with Crippen LogP contribution in [0.4, 0.5) is 5.69 Å². The summed E-state index contributed by atoms with van der Waals surface area (Å²) in [4.78, 5) is 27.6. The lowest BCUT2D eigenvalue weighted by Gasteiger charge is -2.39. The molecule has 1 aromatic rings. The average molecular weight is 328 g/mol. The molecule has 1 heterocycles. The lowest BCUT2D eigenvalue weighted by Crippen LogP contribution is -2.47. The summed E-state index contributed by atoms with van der Waals surface area (Å²) in [6, 6.07) is 7.93. The summed E-state index contributed by atoms with van der Waals surface area (Å²) < 4.78 is 0. The van der Waals surface area contributed by atoms with E-state index in [4.69, 9.17) is 0 Å². The first-order chi connectivity index (χ1) is 11.6. The zero-order chi connectivity index (χ0) is 17.1. The number of piperidine rings is 1. The molecule has 4 nitrogen and oxygen atoms in total. The summed E-state index contributed by atoms with van der Waals surface area (Å²) in [5.74, 6) is 0.200. The van der Waals surface area contributed by atoms with E-state index in [0.717, 1.165) is 38.5 Å². The Morgan fingerprint density at radius 1 is 0.958 bits per heavy atom. The highest BCUT2D eigenvalue weighted by molar-refractivity contribution is 6.04. The van der Waals surface area contributed by atoms with E-state index in [9.17, 15) is 9.59 Å². The summed E-state index contributed by atoms with van der Waals surface area (Å²) in [6.07, 6.45) is 7.44. The predicted octanol–water partition coefficient (Wildman–Crippen LogP) is 4.22. The molecule has 4 heteroatoms. The van der Waals surface area contributed by atoms with E-state index >= 15 is 0 Å². The van der Waals surface area contributed by atoms with Gasteiger partial charge in [0.15, 0.2) is 0 Å².